The first-order valence-electron chi connectivity index (χ1n) is 6.85. The SMILES string of the molecule is Cc1nnc(N2CCC(C)C(C)C2)c(C(=N)N)c1C. The quantitative estimate of drug-likeness (QED) is 0.629. The van der Waals surface area contributed by atoms with Crippen molar-refractivity contribution >= 4 is 11.7 Å². The topological polar surface area (TPSA) is 78.9 Å². The minimum atomic E-state index is 0.0803. The van der Waals surface area contributed by atoms with Crippen LogP contribution < -0.4 is 10.6 Å². The molecule has 0 saturated carbocycles. The first-order chi connectivity index (χ1) is 8.91. The summed E-state index contributed by atoms with van der Waals surface area (Å²) in [6, 6.07) is 0. The monoisotopic (exact) mass is 261 g/mol. The molecular weight excluding hydrogens is 238 g/mol. The molecule has 19 heavy (non-hydrogen) atoms. The highest BCUT2D eigenvalue weighted by Gasteiger charge is 2.27. The Bertz CT molecular complexity index is 497. The number of piperidine rings is 1. The normalized spacial score (nSPS) is 23.5. The van der Waals surface area contributed by atoms with Gasteiger partial charge in [-0.25, -0.2) is 0 Å². The van der Waals surface area contributed by atoms with Crippen LogP contribution in [0.4, 0.5) is 5.82 Å². The molecule has 1 aliphatic heterocycles. The van der Waals surface area contributed by atoms with Gasteiger partial charge in [-0.1, -0.05) is 13.8 Å². The summed E-state index contributed by atoms with van der Waals surface area (Å²) in [5, 5.41) is 16.3. The molecule has 1 aromatic rings. The average molecular weight is 261 g/mol. The second-order valence-corrected chi connectivity index (χ2v) is 5.71. The summed E-state index contributed by atoms with van der Waals surface area (Å²) in [5.41, 5.74) is 8.29. The molecule has 3 N–H and O–H groups in total. The van der Waals surface area contributed by atoms with E-state index < -0.39 is 0 Å². The molecule has 2 atom stereocenters. The molecule has 5 heteroatoms. The highest BCUT2D eigenvalue weighted by atomic mass is 15.3. The Labute approximate surface area is 114 Å². The summed E-state index contributed by atoms with van der Waals surface area (Å²) in [6.45, 7) is 10.3. The Morgan fingerprint density at radius 3 is 2.53 bits per heavy atom. The molecular formula is C14H23N5. The summed E-state index contributed by atoms with van der Waals surface area (Å²) in [7, 11) is 0. The molecule has 1 fully saturated rings. The van der Waals surface area contributed by atoms with E-state index in [-0.39, 0.29) is 5.84 Å². The third kappa shape index (κ3) is 2.55. The van der Waals surface area contributed by atoms with Gasteiger partial charge in [0.25, 0.3) is 0 Å². The van der Waals surface area contributed by atoms with Crippen molar-refractivity contribution in [2.45, 2.75) is 34.1 Å². The standard InChI is InChI=1S/C14H23N5/c1-8-5-6-19(7-9(8)2)14-12(13(15)16)10(3)11(4)17-18-14/h8-9H,5-7H2,1-4H3,(H3,15,16). The summed E-state index contributed by atoms with van der Waals surface area (Å²) < 4.78 is 0. The van der Waals surface area contributed by atoms with Crippen LogP contribution in [0, 0.1) is 31.1 Å². The molecule has 0 radical (unpaired) electrons. The van der Waals surface area contributed by atoms with Crippen molar-refractivity contribution in [3.05, 3.63) is 16.8 Å². The van der Waals surface area contributed by atoms with Crippen LogP contribution in [0.2, 0.25) is 0 Å². The predicted molar refractivity (Wildman–Crippen MR) is 77.7 cm³/mol. The molecule has 104 valence electrons. The van der Waals surface area contributed by atoms with Crippen molar-refractivity contribution in [3.63, 3.8) is 0 Å². The molecule has 1 saturated heterocycles. The number of nitrogen functional groups attached to an aromatic ring is 1. The Morgan fingerprint density at radius 1 is 1.26 bits per heavy atom. The lowest BCUT2D eigenvalue weighted by atomic mass is 9.88. The molecule has 0 amide bonds. The van der Waals surface area contributed by atoms with Gasteiger partial charge in [-0.3, -0.25) is 5.41 Å². The van der Waals surface area contributed by atoms with Gasteiger partial charge in [0.1, 0.15) is 5.84 Å². The average Bonchev–Trinajstić information content (AvgIpc) is 2.35. The molecule has 5 nitrogen and oxygen atoms in total. The van der Waals surface area contributed by atoms with Crippen LogP contribution in [0.15, 0.2) is 0 Å². The lowest BCUT2D eigenvalue weighted by molar-refractivity contribution is 0.322. The van der Waals surface area contributed by atoms with E-state index in [0.29, 0.717) is 5.92 Å². The largest absolute Gasteiger partial charge is 0.384 e. The molecule has 0 aromatic carbocycles. The summed E-state index contributed by atoms with van der Waals surface area (Å²) in [6.07, 6.45) is 1.15. The maximum Gasteiger partial charge on any atom is 0.162 e. The van der Waals surface area contributed by atoms with Crippen LogP contribution in [0.25, 0.3) is 0 Å². The number of aryl methyl sites for hydroxylation is 1. The Hall–Kier alpha value is -1.65. The fraction of sp³-hybridized carbons (Fsp3) is 0.643. The Morgan fingerprint density at radius 2 is 1.95 bits per heavy atom. The highest BCUT2D eigenvalue weighted by Crippen LogP contribution is 2.29. The van der Waals surface area contributed by atoms with Gasteiger partial charge in [-0.15, -0.1) is 5.10 Å². The minimum Gasteiger partial charge on any atom is -0.384 e. The van der Waals surface area contributed by atoms with Crippen molar-refractivity contribution in [1.82, 2.24) is 10.2 Å². The Balaban J connectivity index is 2.40. The van der Waals surface area contributed by atoms with Gasteiger partial charge in [0, 0.05) is 13.1 Å². The van der Waals surface area contributed by atoms with E-state index in [0.717, 1.165) is 48.1 Å². The molecule has 2 rings (SSSR count). The number of hydrogen-bond acceptors (Lipinski definition) is 4. The van der Waals surface area contributed by atoms with Gasteiger partial charge in [-0.2, -0.15) is 5.10 Å². The number of amidine groups is 1. The van der Waals surface area contributed by atoms with E-state index in [1.807, 2.05) is 13.8 Å². The number of nitrogens with two attached hydrogens (primary N) is 1. The smallest absolute Gasteiger partial charge is 0.162 e. The third-order valence-electron chi connectivity index (χ3n) is 4.34. The summed E-state index contributed by atoms with van der Waals surface area (Å²) >= 11 is 0. The Kier molecular flexibility index (Phi) is 3.73. The molecule has 2 heterocycles. The first-order valence-corrected chi connectivity index (χ1v) is 6.85. The van der Waals surface area contributed by atoms with E-state index >= 15 is 0 Å². The van der Waals surface area contributed by atoms with Gasteiger partial charge in [0.15, 0.2) is 5.82 Å². The van der Waals surface area contributed by atoms with Crippen LogP contribution in [0.1, 0.15) is 37.1 Å². The van der Waals surface area contributed by atoms with Crippen molar-refractivity contribution < 1.29 is 0 Å². The lowest BCUT2D eigenvalue weighted by Gasteiger charge is -2.36. The van der Waals surface area contributed by atoms with E-state index in [9.17, 15) is 0 Å². The van der Waals surface area contributed by atoms with Gasteiger partial charge in [0.05, 0.1) is 11.3 Å². The van der Waals surface area contributed by atoms with Crippen molar-refractivity contribution in [3.8, 4) is 0 Å². The van der Waals surface area contributed by atoms with Crippen molar-refractivity contribution in [2.75, 3.05) is 18.0 Å². The molecule has 0 bridgehead atoms. The fourth-order valence-corrected chi connectivity index (χ4v) is 2.59. The molecule has 2 unspecified atom stereocenters. The van der Waals surface area contributed by atoms with Crippen LogP contribution in [0.3, 0.4) is 0 Å². The van der Waals surface area contributed by atoms with Crippen LogP contribution in [-0.2, 0) is 0 Å². The molecule has 0 aliphatic carbocycles. The predicted octanol–water partition coefficient (Wildman–Crippen LogP) is 1.86. The van der Waals surface area contributed by atoms with E-state index in [2.05, 4.69) is 28.9 Å². The fourth-order valence-electron chi connectivity index (χ4n) is 2.59. The van der Waals surface area contributed by atoms with Gasteiger partial charge < -0.3 is 10.6 Å². The second kappa shape index (κ2) is 5.15. The van der Waals surface area contributed by atoms with Gasteiger partial charge >= 0.3 is 0 Å². The maximum atomic E-state index is 7.81. The summed E-state index contributed by atoms with van der Waals surface area (Å²) in [5.74, 6) is 2.21. The second-order valence-electron chi connectivity index (χ2n) is 5.71. The molecule has 1 aromatic heterocycles. The lowest BCUT2D eigenvalue weighted by Crippen LogP contribution is -2.40. The van der Waals surface area contributed by atoms with Crippen LogP contribution in [-0.4, -0.2) is 29.1 Å². The zero-order chi connectivity index (χ0) is 14.2. The van der Waals surface area contributed by atoms with Crippen molar-refractivity contribution in [2.24, 2.45) is 17.6 Å². The third-order valence-corrected chi connectivity index (χ3v) is 4.34. The van der Waals surface area contributed by atoms with Crippen molar-refractivity contribution in [1.29, 1.82) is 5.41 Å². The first kappa shape index (κ1) is 13.8. The molecule has 0 spiro atoms. The van der Waals surface area contributed by atoms with E-state index in [1.54, 1.807) is 0 Å². The highest BCUT2D eigenvalue weighted by molar-refractivity contribution is 6.01. The number of aromatic nitrogens is 2. The van der Waals surface area contributed by atoms with Gasteiger partial charge in [0.2, 0.25) is 0 Å². The molecule has 1 aliphatic rings. The summed E-state index contributed by atoms with van der Waals surface area (Å²) in [4.78, 5) is 2.22. The maximum absolute atomic E-state index is 7.81. The van der Waals surface area contributed by atoms with E-state index in [1.165, 1.54) is 0 Å². The van der Waals surface area contributed by atoms with Crippen LogP contribution >= 0.6 is 0 Å². The number of rotatable bonds is 2. The zero-order valence-corrected chi connectivity index (χ0v) is 12.2. The number of anilines is 1. The van der Waals surface area contributed by atoms with Gasteiger partial charge in [-0.05, 0) is 37.7 Å². The van der Waals surface area contributed by atoms with E-state index in [4.69, 9.17) is 11.1 Å². The minimum absolute atomic E-state index is 0.0803. The number of hydrogen-bond donors (Lipinski definition) is 2. The zero-order valence-electron chi connectivity index (χ0n) is 12.2. The van der Waals surface area contributed by atoms with Crippen LogP contribution in [0.5, 0.6) is 0 Å². The number of nitrogens with one attached hydrogen (secondary N) is 1. The number of nitrogens with zero attached hydrogens (tertiary/aromatic N) is 3.